The molecule has 1 N–H and O–H groups in total. The Morgan fingerprint density at radius 3 is 2.95 bits per heavy atom. The van der Waals surface area contributed by atoms with Crippen molar-refractivity contribution in [1.29, 1.82) is 0 Å². The quantitative estimate of drug-likeness (QED) is 0.909. The van der Waals surface area contributed by atoms with Crippen LogP contribution in [-0.2, 0) is 0 Å². The summed E-state index contributed by atoms with van der Waals surface area (Å²) in [6.45, 7) is 3.66. The molecule has 0 aromatic heterocycles. The Morgan fingerprint density at radius 2 is 2.14 bits per heavy atom. The van der Waals surface area contributed by atoms with Gasteiger partial charge in [0.2, 0.25) is 0 Å². The molecular formula is C17H24N2O2. The van der Waals surface area contributed by atoms with Crippen molar-refractivity contribution in [3.8, 4) is 5.75 Å². The molecule has 4 nitrogen and oxygen atoms in total. The van der Waals surface area contributed by atoms with Crippen LogP contribution in [0.25, 0.3) is 0 Å². The fraction of sp³-hybridized carbons (Fsp3) is 0.588. The number of carbonyl (C=O) groups is 1. The lowest BCUT2D eigenvalue weighted by Crippen LogP contribution is -2.42. The van der Waals surface area contributed by atoms with E-state index in [4.69, 9.17) is 4.74 Å². The van der Waals surface area contributed by atoms with Gasteiger partial charge in [0.1, 0.15) is 6.61 Å². The molecule has 1 fully saturated rings. The minimum Gasteiger partial charge on any atom is -0.489 e. The van der Waals surface area contributed by atoms with Gasteiger partial charge in [0, 0.05) is 19.6 Å². The average Bonchev–Trinajstić information content (AvgIpc) is 2.53. The normalized spacial score (nSPS) is 24.5. The molecule has 1 heterocycles. The number of carbonyl (C=O) groups excluding carboxylic acids is 1. The van der Waals surface area contributed by atoms with E-state index in [2.05, 4.69) is 12.2 Å². The Hall–Kier alpha value is -1.71. The largest absolute Gasteiger partial charge is 0.489 e. The molecular weight excluding hydrogens is 264 g/mol. The Kier molecular flexibility index (Phi) is 4.04. The van der Waals surface area contributed by atoms with E-state index >= 15 is 0 Å². The maximum absolute atomic E-state index is 12.9. The van der Waals surface area contributed by atoms with Gasteiger partial charge in [-0.3, -0.25) is 4.79 Å². The number of nitrogens with zero attached hydrogens (tertiary/aromatic N) is 1. The van der Waals surface area contributed by atoms with E-state index in [1.54, 1.807) is 0 Å². The lowest BCUT2D eigenvalue weighted by molar-refractivity contribution is 0.0624. The van der Waals surface area contributed by atoms with Crippen molar-refractivity contribution in [3.05, 3.63) is 23.8 Å². The van der Waals surface area contributed by atoms with Crippen molar-refractivity contribution < 1.29 is 9.53 Å². The molecule has 3 rings (SSSR count). The van der Waals surface area contributed by atoms with Crippen LogP contribution in [-0.4, -0.2) is 37.0 Å². The number of nitrogens with one attached hydrogen (secondary N) is 1. The number of ether oxygens (including phenoxy) is 1. The summed E-state index contributed by atoms with van der Waals surface area (Å²) in [4.78, 5) is 14.8. The van der Waals surface area contributed by atoms with Crippen LogP contribution in [0.5, 0.6) is 5.75 Å². The van der Waals surface area contributed by atoms with E-state index in [0.29, 0.717) is 29.9 Å². The first-order valence-corrected chi connectivity index (χ1v) is 7.95. The zero-order chi connectivity index (χ0) is 14.8. The fourth-order valence-corrected chi connectivity index (χ4v) is 3.55. The summed E-state index contributed by atoms with van der Waals surface area (Å²) in [5.74, 6) is 1.37. The maximum atomic E-state index is 12.9. The molecule has 2 aliphatic rings. The van der Waals surface area contributed by atoms with Crippen LogP contribution in [0.4, 0.5) is 5.69 Å². The minimum atomic E-state index is 0.0781. The lowest BCUT2D eigenvalue weighted by Gasteiger charge is -2.36. The smallest absolute Gasteiger partial charge is 0.257 e. The maximum Gasteiger partial charge on any atom is 0.257 e. The van der Waals surface area contributed by atoms with Crippen LogP contribution in [0, 0.1) is 5.92 Å². The zero-order valence-corrected chi connectivity index (χ0v) is 12.9. The second-order valence-electron chi connectivity index (χ2n) is 6.20. The van der Waals surface area contributed by atoms with Gasteiger partial charge in [0.15, 0.2) is 5.75 Å². The van der Waals surface area contributed by atoms with E-state index in [-0.39, 0.29) is 5.91 Å². The first kappa shape index (κ1) is 14.2. The van der Waals surface area contributed by atoms with Crippen LogP contribution in [0.15, 0.2) is 18.2 Å². The molecule has 0 spiro atoms. The molecule has 0 saturated heterocycles. The van der Waals surface area contributed by atoms with Gasteiger partial charge in [-0.1, -0.05) is 25.8 Å². The van der Waals surface area contributed by atoms with Gasteiger partial charge in [-0.25, -0.2) is 0 Å². The van der Waals surface area contributed by atoms with Crippen LogP contribution in [0.3, 0.4) is 0 Å². The van der Waals surface area contributed by atoms with Crippen molar-refractivity contribution in [2.45, 2.75) is 38.6 Å². The highest BCUT2D eigenvalue weighted by Gasteiger charge is 2.30. The van der Waals surface area contributed by atoms with Gasteiger partial charge >= 0.3 is 0 Å². The standard InChI is InChI=1S/C17H24N2O2/c1-12-6-3-4-9-15(12)19(2)17(20)13-7-5-8-14-16(13)21-11-10-18-14/h5,7-8,12,15,18H,3-4,6,9-11H2,1-2H3. The molecule has 4 heteroatoms. The van der Waals surface area contributed by atoms with E-state index in [1.165, 1.54) is 19.3 Å². The summed E-state index contributed by atoms with van der Waals surface area (Å²) in [5.41, 5.74) is 1.61. The van der Waals surface area contributed by atoms with E-state index < -0.39 is 0 Å². The predicted molar refractivity (Wildman–Crippen MR) is 83.9 cm³/mol. The van der Waals surface area contributed by atoms with E-state index in [1.807, 2.05) is 30.1 Å². The SMILES string of the molecule is CC1CCCCC1N(C)C(=O)c1cccc2c1OCCN2. The van der Waals surface area contributed by atoms with Gasteiger partial charge in [-0.05, 0) is 30.9 Å². The third kappa shape index (κ3) is 2.71. The third-order valence-corrected chi connectivity index (χ3v) is 4.79. The van der Waals surface area contributed by atoms with Crippen molar-refractivity contribution in [2.75, 3.05) is 25.5 Å². The Bertz CT molecular complexity index is 530. The average molecular weight is 288 g/mol. The molecule has 1 aromatic carbocycles. The summed E-state index contributed by atoms with van der Waals surface area (Å²) in [5, 5.41) is 3.29. The first-order chi connectivity index (χ1) is 10.2. The number of benzene rings is 1. The molecule has 2 atom stereocenters. The monoisotopic (exact) mass is 288 g/mol. The highest BCUT2D eigenvalue weighted by Crippen LogP contribution is 2.34. The summed E-state index contributed by atoms with van der Waals surface area (Å²) in [6.07, 6.45) is 4.83. The lowest BCUT2D eigenvalue weighted by atomic mass is 9.85. The summed E-state index contributed by atoms with van der Waals surface area (Å²) in [6, 6.07) is 6.11. The van der Waals surface area contributed by atoms with Gasteiger partial charge in [-0.15, -0.1) is 0 Å². The Labute approximate surface area is 126 Å². The van der Waals surface area contributed by atoms with Crippen LogP contribution in [0.2, 0.25) is 0 Å². The van der Waals surface area contributed by atoms with Crippen molar-refractivity contribution >= 4 is 11.6 Å². The van der Waals surface area contributed by atoms with Crippen LogP contribution < -0.4 is 10.1 Å². The molecule has 2 unspecified atom stereocenters. The number of amides is 1. The zero-order valence-electron chi connectivity index (χ0n) is 12.9. The molecule has 1 aromatic rings. The number of hydrogen-bond donors (Lipinski definition) is 1. The van der Waals surface area contributed by atoms with E-state index in [0.717, 1.165) is 18.7 Å². The highest BCUT2D eigenvalue weighted by atomic mass is 16.5. The van der Waals surface area contributed by atoms with E-state index in [9.17, 15) is 4.79 Å². The number of fused-ring (bicyclic) bond motifs is 1. The fourth-order valence-electron chi connectivity index (χ4n) is 3.55. The number of rotatable bonds is 2. The van der Waals surface area contributed by atoms with Crippen molar-refractivity contribution in [3.63, 3.8) is 0 Å². The number of para-hydroxylation sites is 1. The first-order valence-electron chi connectivity index (χ1n) is 7.95. The molecule has 21 heavy (non-hydrogen) atoms. The van der Waals surface area contributed by atoms with Crippen LogP contribution in [0.1, 0.15) is 43.0 Å². The predicted octanol–water partition coefficient (Wildman–Crippen LogP) is 3.14. The van der Waals surface area contributed by atoms with Crippen LogP contribution >= 0.6 is 0 Å². The third-order valence-electron chi connectivity index (χ3n) is 4.79. The Balaban J connectivity index is 1.84. The summed E-state index contributed by atoms with van der Waals surface area (Å²) >= 11 is 0. The molecule has 114 valence electrons. The second kappa shape index (κ2) is 5.96. The Morgan fingerprint density at radius 1 is 1.33 bits per heavy atom. The topological polar surface area (TPSA) is 41.6 Å². The van der Waals surface area contributed by atoms with Crippen molar-refractivity contribution in [2.24, 2.45) is 5.92 Å². The molecule has 0 bridgehead atoms. The van der Waals surface area contributed by atoms with Gasteiger partial charge in [0.05, 0.1) is 11.3 Å². The number of anilines is 1. The van der Waals surface area contributed by atoms with Gasteiger partial charge in [-0.2, -0.15) is 0 Å². The highest BCUT2D eigenvalue weighted by molar-refractivity contribution is 5.99. The molecule has 0 radical (unpaired) electrons. The van der Waals surface area contributed by atoms with Gasteiger partial charge in [0.25, 0.3) is 5.91 Å². The molecule has 1 aliphatic carbocycles. The summed E-state index contributed by atoms with van der Waals surface area (Å²) < 4.78 is 5.73. The minimum absolute atomic E-state index is 0.0781. The summed E-state index contributed by atoms with van der Waals surface area (Å²) in [7, 11) is 1.93. The molecule has 1 aliphatic heterocycles. The molecule has 1 amide bonds. The molecule has 1 saturated carbocycles. The van der Waals surface area contributed by atoms with Gasteiger partial charge < -0.3 is 15.0 Å². The van der Waals surface area contributed by atoms with Crippen molar-refractivity contribution in [1.82, 2.24) is 4.90 Å². The number of hydrogen-bond acceptors (Lipinski definition) is 3. The second-order valence-corrected chi connectivity index (χ2v) is 6.20.